The molecule has 1 atom stereocenters. The number of carbonyl (C=O) groups excluding carboxylic acids is 1. The van der Waals surface area contributed by atoms with Crippen molar-refractivity contribution < 1.29 is 19.1 Å². The van der Waals surface area contributed by atoms with Gasteiger partial charge in [0.05, 0.1) is 12.6 Å². The normalized spacial score (nSPS) is 12.5. The zero-order valence-corrected chi connectivity index (χ0v) is 11.3. The summed E-state index contributed by atoms with van der Waals surface area (Å²) < 4.78 is 10.5. The topological polar surface area (TPSA) is 97.7 Å². The second-order valence-electron chi connectivity index (χ2n) is 4.55. The van der Waals surface area contributed by atoms with Crippen molar-refractivity contribution in [2.24, 2.45) is 0 Å². The molecule has 0 aliphatic rings. The van der Waals surface area contributed by atoms with Crippen molar-refractivity contribution in [2.45, 2.75) is 12.5 Å². The summed E-state index contributed by atoms with van der Waals surface area (Å²) in [4.78, 5) is 12.1. The van der Waals surface area contributed by atoms with E-state index in [0.29, 0.717) is 24.3 Å². The van der Waals surface area contributed by atoms with Crippen LogP contribution in [0.1, 0.15) is 17.0 Å². The van der Waals surface area contributed by atoms with Crippen molar-refractivity contribution in [3.05, 3.63) is 30.0 Å². The van der Waals surface area contributed by atoms with Crippen LogP contribution in [0.5, 0.6) is 0 Å². The molecule has 1 unspecified atom stereocenters. The summed E-state index contributed by atoms with van der Waals surface area (Å²) in [5.74, 6) is -0.125. The molecule has 2 aromatic rings. The summed E-state index contributed by atoms with van der Waals surface area (Å²) in [6.07, 6.45) is 0.423. The highest BCUT2D eigenvalue weighted by Gasteiger charge is 2.17. The van der Waals surface area contributed by atoms with Crippen LogP contribution < -0.4 is 11.1 Å². The lowest BCUT2D eigenvalue weighted by Crippen LogP contribution is -2.38. The summed E-state index contributed by atoms with van der Waals surface area (Å²) in [6.45, 7) is 0.310. The molecule has 0 aliphatic carbocycles. The van der Waals surface area contributed by atoms with Gasteiger partial charge >= 0.3 is 0 Å². The summed E-state index contributed by atoms with van der Waals surface area (Å²) >= 11 is 0. The van der Waals surface area contributed by atoms with Gasteiger partial charge in [0.15, 0.2) is 5.76 Å². The Labute approximate surface area is 116 Å². The number of amides is 1. The van der Waals surface area contributed by atoms with Gasteiger partial charge < -0.3 is 25.3 Å². The predicted octanol–water partition coefficient (Wildman–Crippen LogP) is 1.14. The van der Waals surface area contributed by atoms with Gasteiger partial charge in [-0.2, -0.15) is 0 Å². The molecule has 4 N–H and O–H groups in total. The number of nitrogens with two attached hydrogens (primary N) is 1. The number of benzene rings is 1. The van der Waals surface area contributed by atoms with E-state index >= 15 is 0 Å². The minimum Gasteiger partial charge on any atom is -0.451 e. The number of nitrogens with one attached hydrogen (secondary N) is 1. The van der Waals surface area contributed by atoms with Crippen molar-refractivity contribution in [1.29, 1.82) is 0 Å². The molecule has 0 saturated heterocycles. The molecule has 0 saturated carbocycles. The third-order valence-corrected chi connectivity index (χ3v) is 2.94. The first-order valence-electron chi connectivity index (χ1n) is 6.33. The number of anilines is 1. The van der Waals surface area contributed by atoms with E-state index in [2.05, 4.69) is 5.32 Å². The Morgan fingerprint density at radius 1 is 1.50 bits per heavy atom. The van der Waals surface area contributed by atoms with Crippen LogP contribution in [0.15, 0.2) is 28.7 Å². The van der Waals surface area contributed by atoms with Crippen molar-refractivity contribution in [3.8, 4) is 0 Å². The zero-order chi connectivity index (χ0) is 14.5. The Balaban J connectivity index is 2.13. The third-order valence-electron chi connectivity index (χ3n) is 2.94. The van der Waals surface area contributed by atoms with E-state index in [1.165, 1.54) is 0 Å². The molecule has 0 radical (unpaired) electrons. The minimum atomic E-state index is -0.338. The molecule has 6 nitrogen and oxygen atoms in total. The van der Waals surface area contributed by atoms with Crippen molar-refractivity contribution >= 4 is 22.6 Å². The Kier molecular flexibility index (Phi) is 4.60. The number of aliphatic hydroxyl groups excluding tert-OH is 1. The van der Waals surface area contributed by atoms with Gasteiger partial charge in [-0.1, -0.05) is 0 Å². The second kappa shape index (κ2) is 6.40. The standard InChI is InChI=1S/C14H18N2O4/c1-19-8-11(4-5-17)16-14(18)13-7-9-6-10(15)2-3-12(9)20-13/h2-3,6-7,11,17H,4-5,8,15H2,1H3,(H,16,18). The van der Waals surface area contributed by atoms with E-state index in [1.807, 2.05) is 0 Å². The lowest BCUT2D eigenvalue weighted by atomic mass is 10.2. The third kappa shape index (κ3) is 3.28. The first-order valence-corrected chi connectivity index (χ1v) is 6.33. The maximum Gasteiger partial charge on any atom is 0.287 e. The lowest BCUT2D eigenvalue weighted by Gasteiger charge is -2.15. The van der Waals surface area contributed by atoms with Gasteiger partial charge in [-0.15, -0.1) is 0 Å². The van der Waals surface area contributed by atoms with E-state index < -0.39 is 0 Å². The fourth-order valence-corrected chi connectivity index (χ4v) is 1.98. The quantitative estimate of drug-likeness (QED) is 0.688. The monoisotopic (exact) mass is 278 g/mol. The molecule has 0 fully saturated rings. The van der Waals surface area contributed by atoms with E-state index in [-0.39, 0.29) is 24.3 Å². The number of hydrogen-bond acceptors (Lipinski definition) is 5. The summed E-state index contributed by atoms with van der Waals surface area (Å²) in [5, 5.41) is 12.5. The SMILES string of the molecule is COCC(CCO)NC(=O)c1cc2cc(N)ccc2o1. The highest BCUT2D eigenvalue weighted by Crippen LogP contribution is 2.21. The number of rotatable bonds is 6. The van der Waals surface area contributed by atoms with Gasteiger partial charge in [0.25, 0.3) is 5.91 Å². The molecule has 0 spiro atoms. The van der Waals surface area contributed by atoms with Crippen molar-refractivity contribution in [2.75, 3.05) is 26.1 Å². The van der Waals surface area contributed by atoms with Crippen LogP contribution in [0.2, 0.25) is 0 Å². The number of furan rings is 1. The molecule has 2 rings (SSSR count). The molecule has 0 bridgehead atoms. The van der Waals surface area contributed by atoms with Crippen molar-refractivity contribution in [3.63, 3.8) is 0 Å². The molecule has 1 amide bonds. The van der Waals surface area contributed by atoms with Crippen LogP contribution in [0.25, 0.3) is 11.0 Å². The van der Waals surface area contributed by atoms with E-state index in [0.717, 1.165) is 5.39 Å². The molecule has 1 aromatic heterocycles. The van der Waals surface area contributed by atoms with Crippen LogP contribution in [0.4, 0.5) is 5.69 Å². The number of fused-ring (bicyclic) bond motifs is 1. The fourth-order valence-electron chi connectivity index (χ4n) is 1.98. The molecule has 1 aromatic carbocycles. The molecule has 1 heterocycles. The smallest absolute Gasteiger partial charge is 0.287 e. The molecular weight excluding hydrogens is 260 g/mol. The lowest BCUT2D eigenvalue weighted by molar-refractivity contribution is 0.0854. The number of carbonyl (C=O) groups is 1. The van der Waals surface area contributed by atoms with Gasteiger partial charge in [-0.3, -0.25) is 4.79 Å². The Bertz CT molecular complexity index is 588. The number of nitrogen functional groups attached to an aromatic ring is 1. The number of methoxy groups -OCH3 is 1. The van der Waals surface area contributed by atoms with Crippen LogP contribution in [0, 0.1) is 0 Å². The van der Waals surface area contributed by atoms with Crippen LogP contribution >= 0.6 is 0 Å². The number of ether oxygens (including phenoxy) is 1. The van der Waals surface area contributed by atoms with Gasteiger partial charge in [0.2, 0.25) is 0 Å². The number of hydrogen-bond donors (Lipinski definition) is 3. The average molecular weight is 278 g/mol. The summed E-state index contributed by atoms with van der Waals surface area (Å²) in [7, 11) is 1.54. The summed E-state index contributed by atoms with van der Waals surface area (Å²) in [5.41, 5.74) is 6.90. The summed E-state index contributed by atoms with van der Waals surface area (Å²) in [6, 6.07) is 6.57. The first kappa shape index (κ1) is 14.4. The second-order valence-corrected chi connectivity index (χ2v) is 4.55. The molecule has 0 aliphatic heterocycles. The molecular formula is C14H18N2O4. The maximum absolute atomic E-state index is 12.1. The average Bonchev–Trinajstić information content (AvgIpc) is 2.82. The van der Waals surface area contributed by atoms with Crippen molar-refractivity contribution in [1.82, 2.24) is 5.32 Å². The van der Waals surface area contributed by atoms with E-state index in [4.69, 9.17) is 20.0 Å². The first-order chi connectivity index (χ1) is 9.63. The Hall–Kier alpha value is -2.05. The van der Waals surface area contributed by atoms with E-state index in [9.17, 15) is 4.79 Å². The Morgan fingerprint density at radius 3 is 3.00 bits per heavy atom. The predicted molar refractivity (Wildman–Crippen MR) is 75.5 cm³/mol. The van der Waals surface area contributed by atoms with Gasteiger partial charge in [-0.05, 0) is 30.7 Å². The largest absolute Gasteiger partial charge is 0.451 e. The molecule has 20 heavy (non-hydrogen) atoms. The maximum atomic E-state index is 12.1. The minimum absolute atomic E-state index is 0.0228. The van der Waals surface area contributed by atoms with Gasteiger partial charge in [0.1, 0.15) is 5.58 Å². The highest BCUT2D eigenvalue weighted by molar-refractivity contribution is 5.96. The van der Waals surface area contributed by atoms with Gasteiger partial charge in [0, 0.05) is 24.8 Å². The molecule has 6 heteroatoms. The zero-order valence-electron chi connectivity index (χ0n) is 11.3. The fraction of sp³-hybridized carbons (Fsp3) is 0.357. The Morgan fingerprint density at radius 2 is 2.30 bits per heavy atom. The van der Waals surface area contributed by atoms with E-state index in [1.54, 1.807) is 31.4 Å². The van der Waals surface area contributed by atoms with Crippen LogP contribution in [-0.2, 0) is 4.74 Å². The number of aliphatic hydroxyl groups is 1. The molecule has 108 valence electrons. The highest BCUT2D eigenvalue weighted by atomic mass is 16.5. The van der Waals surface area contributed by atoms with Gasteiger partial charge in [-0.25, -0.2) is 0 Å². The van der Waals surface area contributed by atoms with Crippen LogP contribution in [0.3, 0.4) is 0 Å². The van der Waals surface area contributed by atoms with Crippen LogP contribution in [-0.4, -0.2) is 37.4 Å².